The van der Waals surface area contributed by atoms with Gasteiger partial charge in [-0.25, -0.2) is 28.8 Å². The van der Waals surface area contributed by atoms with Crippen LogP contribution in [0, 0.1) is 34.9 Å². The lowest BCUT2D eigenvalue weighted by atomic mass is 9.82. The number of carboxylic acid groups (broad SMARTS) is 2. The Morgan fingerprint density at radius 3 is 1.31 bits per heavy atom. The zero-order valence-electron chi connectivity index (χ0n) is 73.6. The van der Waals surface area contributed by atoms with E-state index in [2.05, 4.69) is 111 Å². The van der Waals surface area contributed by atoms with Crippen LogP contribution in [0.1, 0.15) is 179 Å². The number of rotatable bonds is 14. The van der Waals surface area contributed by atoms with Gasteiger partial charge in [0.05, 0.1) is 78.9 Å². The molecule has 1 saturated carbocycles. The fourth-order valence-electron chi connectivity index (χ4n) is 13.6. The number of anilines is 4. The number of carbonyl (C=O) groups excluding carboxylic acids is 6. The van der Waals surface area contributed by atoms with E-state index in [1.807, 2.05) is 101 Å². The number of amides is 2. The van der Waals surface area contributed by atoms with Gasteiger partial charge in [0.1, 0.15) is 5.76 Å². The van der Waals surface area contributed by atoms with E-state index in [1.54, 1.807) is 100.0 Å². The third-order valence-corrected chi connectivity index (χ3v) is 24.3. The SMILES string of the molecule is C#Cc1ccccc1.COC(=O)c1ccc(C#Cc2ccccc2)c(NC(=O)C(F)(F)F)c1.COC(=O)c1ccc(I)c(N)c1.COC(=O)c1ccc(I)c(NC(=O)C(F)(F)F)c1.COC(=O)c1ccc2c(C3=CCCCC3)c(-c3ccccc3)[nH]c2c1.Nc1cc(C(=O)O)ccc1I.O=C(O)c1ccc2c(C3CCCCC3)c(-c3ccccc3)[nH]c2c1.O=S(=O)(OC1=CCCCC1)C(F)(F)F. The van der Waals surface area contributed by atoms with Crippen molar-refractivity contribution < 1.29 is 120 Å². The molecule has 10 aromatic carbocycles. The number of terminal acetylenes is 1. The van der Waals surface area contributed by atoms with Crippen LogP contribution in [0.2, 0.25) is 0 Å². The number of halogens is 12. The molecule has 23 nitrogen and oxygen atoms in total. The minimum Gasteiger partial charge on any atom is -0.478 e. The quantitative estimate of drug-likeness (QED) is 0.00732. The lowest BCUT2D eigenvalue weighted by Gasteiger charge is -2.23. The van der Waals surface area contributed by atoms with Crippen LogP contribution in [0.4, 0.5) is 62.3 Å². The van der Waals surface area contributed by atoms with Crippen molar-refractivity contribution in [1.29, 1.82) is 0 Å². The first-order chi connectivity index (χ1) is 65.1. The second kappa shape index (κ2) is 52.0. The Bertz CT molecular complexity index is 6570. The van der Waals surface area contributed by atoms with Gasteiger partial charge in [-0.15, -0.1) is 6.42 Å². The standard InChI is InChI=1S/C22H21NO2.C21H21NO2.C18H12F3NO3.C10H7F3INO3.C8H8INO2.C8H6.C7H9F3O3S.C7H6INO2/c1-25-22(24)17-12-13-18-19(14-17)23-21(16-10-6-3-7-11-16)20(18)15-8-4-2-5-9-15;23-21(24)16-11-12-17-18(13-16)22-20(15-9-5-2-6-10-15)19(17)14-7-3-1-4-8-14;1-25-16(23)14-10-9-13(8-7-12-5-3-2-4-6-12)15(11-14)22-17(24)18(19,20)21;1-18-8(16)5-2-3-6(14)7(4-5)15-9(17)10(11,12)13;1-12-8(11)5-2-3-6(9)7(10)4-5;1-2-8-6-4-3-5-7-8;8-7(9,10)14(11,12)13-6-4-2-1-3-5-6;8-5-2-1-4(7(10)11)3-6(5)9/h3,6-8,10-14,23H,2,4-5,9H2,1H3;2,5-6,9-14,22H,1,3-4,7-8H2,(H,23,24);2-6,9-11H,1H3,(H,22,24);2-4H,1H3,(H,15,17);2-4H,10H2,1H3;1,3-7H;4H,1-3,5H2;1-3H,9H2,(H,10,11). The largest absolute Gasteiger partial charge is 0.534 e. The van der Waals surface area contributed by atoms with Crippen molar-refractivity contribution in [3.63, 3.8) is 0 Å². The number of methoxy groups -OCH3 is 4. The Hall–Kier alpha value is -13.5. The average Bonchev–Trinajstić information content (AvgIpc) is 1.62. The predicted molar refractivity (Wildman–Crippen MR) is 531 cm³/mol. The first kappa shape index (κ1) is 109. The van der Waals surface area contributed by atoms with Crippen LogP contribution in [0.3, 0.4) is 0 Å². The third kappa shape index (κ3) is 32.7. The fourth-order valence-corrected chi connectivity index (χ4v) is 15.3. The molecule has 0 atom stereocenters. The molecule has 0 spiro atoms. The Morgan fingerprint density at radius 1 is 0.445 bits per heavy atom. The molecule has 3 aliphatic carbocycles. The molecule has 15 rings (SSSR count). The Kier molecular flexibility index (Phi) is 41.3. The van der Waals surface area contributed by atoms with Crippen LogP contribution < -0.4 is 22.1 Å². The van der Waals surface area contributed by atoms with Gasteiger partial charge in [0.25, 0.3) is 0 Å². The number of ether oxygens (including phenoxy) is 4. The van der Waals surface area contributed by atoms with Crippen LogP contribution in [-0.2, 0) is 42.8 Å². The molecule has 137 heavy (non-hydrogen) atoms. The summed E-state index contributed by atoms with van der Waals surface area (Å²) in [5.74, 6) is 0.241. The monoisotopic (exact) mass is 2240 g/mol. The summed E-state index contributed by atoms with van der Waals surface area (Å²) >= 11 is 5.89. The molecule has 716 valence electrons. The smallest absolute Gasteiger partial charge is 0.478 e. The summed E-state index contributed by atoms with van der Waals surface area (Å²) in [6.07, 6.45) is 12.1. The van der Waals surface area contributed by atoms with Crippen molar-refractivity contribution in [3.8, 4) is 46.7 Å². The van der Waals surface area contributed by atoms with E-state index in [0.29, 0.717) is 56.0 Å². The summed E-state index contributed by atoms with van der Waals surface area (Å²) < 4.78 is 155. The molecule has 0 unspecified atom stereocenters. The number of hydrogen-bond donors (Lipinski definition) is 8. The lowest BCUT2D eigenvalue weighted by molar-refractivity contribution is -0.167. The maximum atomic E-state index is 12.5. The van der Waals surface area contributed by atoms with E-state index < -0.39 is 63.7 Å². The number of nitrogens with one attached hydrogen (secondary N) is 4. The van der Waals surface area contributed by atoms with Gasteiger partial charge in [-0.3, -0.25) is 9.59 Å². The maximum absolute atomic E-state index is 12.5. The fraction of sp³-hybridized carbons (Fsp3) is 0.208. The van der Waals surface area contributed by atoms with Crippen molar-refractivity contribution in [1.82, 2.24) is 9.97 Å². The first-order valence-corrected chi connectivity index (χ1v) is 46.2. The number of benzene rings is 10. The van der Waals surface area contributed by atoms with Crippen LogP contribution >= 0.6 is 67.8 Å². The minimum absolute atomic E-state index is 0.00904. The van der Waals surface area contributed by atoms with Crippen molar-refractivity contribution >= 4 is 176 Å². The number of carbonyl (C=O) groups is 8. The van der Waals surface area contributed by atoms with Crippen LogP contribution in [0.15, 0.2) is 248 Å². The number of alkyl halides is 9. The summed E-state index contributed by atoms with van der Waals surface area (Å²) in [6, 6.07) is 67.8. The molecular formula is C101H90F9I3N6O17S. The predicted octanol–water partition coefficient (Wildman–Crippen LogP) is 24.3. The number of nitrogens with two attached hydrogens (primary N) is 2. The van der Waals surface area contributed by atoms with Gasteiger partial charge in [-0.2, -0.15) is 47.9 Å². The van der Waals surface area contributed by atoms with Crippen LogP contribution in [0.5, 0.6) is 0 Å². The highest BCUT2D eigenvalue weighted by molar-refractivity contribution is 14.1. The van der Waals surface area contributed by atoms with Crippen molar-refractivity contribution in [2.24, 2.45) is 0 Å². The normalized spacial score (nSPS) is 12.7. The minimum atomic E-state index is -5.47. The van der Waals surface area contributed by atoms with Gasteiger partial charge in [-0.1, -0.05) is 152 Å². The van der Waals surface area contributed by atoms with E-state index in [0.717, 1.165) is 80.7 Å². The van der Waals surface area contributed by atoms with E-state index in [-0.39, 0.29) is 57.7 Å². The van der Waals surface area contributed by atoms with E-state index in [9.17, 15) is 91.4 Å². The van der Waals surface area contributed by atoms with Crippen LogP contribution in [-0.4, -0.2) is 123 Å². The zero-order chi connectivity index (χ0) is 100. The molecule has 3 aliphatic rings. The van der Waals surface area contributed by atoms with Crippen LogP contribution in [0.25, 0.3) is 49.9 Å². The summed E-state index contributed by atoms with van der Waals surface area (Å²) in [5, 5.41) is 23.6. The molecule has 12 aromatic rings. The first-order valence-electron chi connectivity index (χ1n) is 41.6. The highest BCUT2D eigenvalue weighted by atomic mass is 127. The molecule has 0 aliphatic heterocycles. The molecule has 0 saturated heterocycles. The highest BCUT2D eigenvalue weighted by Gasteiger charge is 2.49. The number of nitrogen functional groups attached to an aromatic ring is 2. The number of allylic oxidation sites excluding steroid dienone is 4. The zero-order valence-corrected chi connectivity index (χ0v) is 80.8. The van der Waals surface area contributed by atoms with Gasteiger partial charge in [0, 0.05) is 78.3 Å². The summed E-state index contributed by atoms with van der Waals surface area (Å²) in [7, 11) is -0.425. The van der Waals surface area contributed by atoms with Gasteiger partial charge in [0.2, 0.25) is 0 Å². The number of hydrogen-bond acceptors (Lipinski definition) is 17. The van der Waals surface area contributed by atoms with E-state index in [1.165, 1.54) is 140 Å². The molecular weight excluding hydrogens is 2150 g/mol. The van der Waals surface area contributed by atoms with E-state index in [4.69, 9.17) is 27.7 Å². The topological polar surface area (TPSA) is 365 Å². The number of fused-ring (bicyclic) bond motifs is 2. The summed E-state index contributed by atoms with van der Waals surface area (Å²) in [6.45, 7) is 0. The number of H-pyrrole nitrogens is 2. The molecule has 0 bridgehead atoms. The number of aromatic amines is 2. The molecule has 0 radical (unpaired) electrons. The summed E-state index contributed by atoms with van der Waals surface area (Å²) in [5.41, 5.74) is 20.5. The Labute approximate surface area is 823 Å². The maximum Gasteiger partial charge on any atom is 0.534 e. The molecule has 2 amide bonds. The van der Waals surface area contributed by atoms with Crippen molar-refractivity contribution in [2.75, 3.05) is 50.5 Å². The molecule has 10 N–H and O–H groups in total. The Morgan fingerprint density at radius 2 is 0.847 bits per heavy atom. The number of aromatic carboxylic acids is 2. The number of aromatic nitrogens is 2. The van der Waals surface area contributed by atoms with Crippen molar-refractivity contribution in [2.45, 2.75) is 107 Å². The number of esters is 4. The third-order valence-electron chi connectivity index (χ3n) is 20.4. The van der Waals surface area contributed by atoms with Gasteiger partial charge >= 0.3 is 75.6 Å². The molecule has 2 aromatic heterocycles. The van der Waals surface area contributed by atoms with Gasteiger partial charge < -0.3 is 65.4 Å². The Balaban J connectivity index is 0.000000197. The number of carboxylic acids is 2. The van der Waals surface area contributed by atoms with Crippen molar-refractivity contribution in [3.05, 3.63) is 320 Å². The average molecular weight is 2240 g/mol. The summed E-state index contributed by atoms with van der Waals surface area (Å²) in [4.78, 5) is 96.4. The lowest BCUT2D eigenvalue weighted by Crippen LogP contribution is -2.30. The van der Waals surface area contributed by atoms with E-state index >= 15 is 0 Å². The molecule has 36 heteroatoms. The van der Waals surface area contributed by atoms with Gasteiger partial charge in [-0.05, 0) is 281 Å². The van der Waals surface area contributed by atoms with Gasteiger partial charge in [0.15, 0.2) is 0 Å². The second-order valence-electron chi connectivity index (χ2n) is 29.8. The molecule has 1 fully saturated rings. The molecule has 2 heterocycles. The second-order valence-corrected chi connectivity index (χ2v) is 34.8. The highest BCUT2D eigenvalue weighted by Crippen LogP contribution is 2.44.